The van der Waals surface area contributed by atoms with E-state index in [0.29, 0.717) is 17.2 Å². The molecule has 3 N–H and O–H groups in total. The molecule has 1 amide bonds. The molecule has 0 fully saturated rings. The zero-order valence-electron chi connectivity index (χ0n) is 12.8. The number of anilines is 2. The molecule has 0 unspecified atom stereocenters. The van der Waals surface area contributed by atoms with Gasteiger partial charge in [-0.2, -0.15) is 0 Å². The molecule has 110 valence electrons. The summed E-state index contributed by atoms with van der Waals surface area (Å²) < 4.78 is 0. The molecule has 0 bridgehead atoms. The van der Waals surface area contributed by atoms with Gasteiger partial charge in [0, 0.05) is 16.9 Å². The van der Waals surface area contributed by atoms with Crippen molar-refractivity contribution in [1.82, 2.24) is 0 Å². The van der Waals surface area contributed by atoms with Crippen molar-refractivity contribution >= 4 is 17.3 Å². The van der Waals surface area contributed by atoms with Crippen LogP contribution >= 0.6 is 0 Å². The highest BCUT2D eigenvalue weighted by Crippen LogP contribution is 2.20. The van der Waals surface area contributed by atoms with Crippen LogP contribution in [0, 0.1) is 0 Å². The topological polar surface area (TPSA) is 55.1 Å². The minimum absolute atomic E-state index is 0.117. The number of carbonyl (C=O) groups excluding carboxylic acids is 1. The number of carbonyl (C=O) groups is 1. The number of benzene rings is 2. The van der Waals surface area contributed by atoms with Crippen LogP contribution in [0.15, 0.2) is 42.5 Å². The van der Waals surface area contributed by atoms with E-state index in [9.17, 15) is 4.79 Å². The Bertz CT molecular complexity index is 630. The molecule has 2 rings (SSSR count). The van der Waals surface area contributed by atoms with Crippen molar-refractivity contribution in [2.24, 2.45) is 0 Å². The van der Waals surface area contributed by atoms with Crippen LogP contribution < -0.4 is 11.1 Å². The van der Waals surface area contributed by atoms with E-state index in [1.165, 1.54) is 5.56 Å². The van der Waals surface area contributed by atoms with Gasteiger partial charge < -0.3 is 11.1 Å². The van der Waals surface area contributed by atoms with E-state index in [0.717, 1.165) is 17.7 Å². The van der Waals surface area contributed by atoms with Gasteiger partial charge in [0.25, 0.3) is 5.91 Å². The first kappa shape index (κ1) is 15.1. The fourth-order valence-corrected chi connectivity index (χ4v) is 2.22. The maximum absolute atomic E-state index is 12.2. The number of nitrogens with two attached hydrogens (primary N) is 1. The van der Waals surface area contributed by atoms with Crippen LogP contribution in [0.1, 0.15) is 48.2 Å². The van der Waals surface area contributed by atoms with Gasteiger partial charge >= 0.3 is 0 Å². The van der Waals surface area contributed by atoms with Crippen molar-refractivity contribution in [3.63, 3.8) is 0 Å². The van der Waals surface area contributed by atoms with Crippen LogP contribution in [0.2, 0.25) is 0 Å². The highest BCUT2D eigenvalue weighted by Gasteiger charge is 2.08. The molecule has 2 aromatic rings. The fourth-order valence-electron chi connectivity index (χ4n) is 2.22. The first-order chi connectivity index (χ1) is 10.0. The van der Waals surface area contributed by atoms with Gasteiger partial charge in [0.2, 0.25) is 0 Å². The van der Waals surface area contributed by atoms with E-state index in [4.69, 9.17) is 5.73 Å². The lowest BCUT2D eigenvalue weighted by molar-refractivity contribution is 0.102. The summed E-state index contributed by atoms with van der Waals surface area (Å²) in [6, 6.07) is 13.3. The zero-order chi connectivity index (χ0) is 15.4. The Morgan fingerprint density at radius 1 is 1.14 bits per heavy atom. The number of nitrogen functional groups attached to an aromatic ring is 1. The molecule has 0 saturated carbocycles. The van der Waals surface area contributed by atoms with Gasteiger partial charge in [-0.05, 0) is 47.7 Å². The summed E-state index contributed by atoms with van der Waals surface area (Å²) in [5.41, 5.74) is 10.4. The van der Waals surface area contributed by atoms with Crippen molar-refractivity contribution in [1.29, 1.82) is 0 Å². The monoisotopic (exact) mass is 282 g/mol. The van der Waals surface area contributed by atoms with Gasteiger partial charge in [0.1, 0.15) is 0 Å². The Balaban J connectivity index is 2.12. The molecule has 3 nitrogen and oxygen atoms in total. The molecule has 2 aromatic carbocycles. The van der Waals surface area contributed by atoms with Crippen LogP contribution in [0.4, 0.5) is 11.4 Å². The standard InChI is InChI=1S/C18H22N2O/c1-4-13-9-10-16(11-17(13)19)20-18(21)15-7-5-14(6-8-15)12(2)3/h5-12H,4,19H2,1-3H3,(H,20,21). The minimum Gasteiger partial charge on any atom is -0.398 e. The fraction of sp³-hybridized carbons (Fsp3) is 0.278. The summed E-state index contributed by atoms with van der Waals surface area (Å²) in [6.07, 6.45) is 0.886. The first-order valence-corrected chi connectivity index (χ1v) is 7.31. The van der Waals surface area contributed by atoms with Gasteiger partial charge in [-0.1, -0.05) is 39.0 Å². The number of aryl methyl sites for hydroxylation is 1. The summed E-state index contributed by atoms with van der Waals surface area (Å²) >= 11 is 0. The number of hydrogen-bond acceptors (Lipinski definition) is 2. The third kappa shape index (κ3) is 3.63. The Morgan fingerprint density at radius 3 is 2.33 bits per heavy atom. The Morgan fingerprint density at radius 2 is 1.81 bits per heavy atom. The van der Waals surface area contributed by atoms with Gasteiger partial charge in [-0.15, -0.1) is 0 Å². The summed E-state index contributed by atoms with van der Waals surface area (Å²) in [5.74, 6) is 0.345. The van der Waals surface area contributed by atoms with Crippen LogP contribution in [0.3, 0.4) is 0 Å². The number of rotatable bonds is 4. The zero-order valence-corrected chi connectivity index (χ0v) is 12.8. The Hall–Kier alpha value is -2.29. The summed E-state index contributed by atoms with van der Waals surface area (Å²) in [7, 11) is 0. The second-order valence-electron chi connectivity index (χ2n) is 5.50. The molecule has 0 aliphatic carbocycles. The van der Waals surface area contributed by atoms with Crippen LogP contribution in [0.25, 0.3) is 0 Å². The third-order valence-corrected chi connectivity index (χ3v) is 3.62. The molecule has 0 aromatic heterocycles. The normalized spacial score (nSPS) is 10.7. The molecule has 0 saturated heterocycles. The first-order valence-electron chi connectivity index (χ1n) is 7.31. The Labute approximate surface area is 126 Å². The highest BCUT2D eigenvalue weighted by atomic mass is 16.1. The van der Waals surface area contributed by atoms with E-state index >= 15 is 0 Å². The van der Waals surface area contributed by atoms with Gasteiger partial charge in [0.05, 0.1) is 0 Å². The molecule has 0 radical (unpaired) electrons. The van der Waals surface area contributed by atoms with Crippen molar-refractivity contribution in [2.75, 3.05) is 11.1 Å². The molecule has 3 heteroatoms. The molecule has 0 aliphatic rings. The molecule has 0 heterocycles. The minimum atomic E-state index is -0.117. The summed E-state index contributed by atoms with van der Waals surface area (Å²) in [5, 5.41) is 2.88. The molecule has 0 spiro atoms. The number of nitrogens with one attached hydrogen (secondary N) is 1. The molecule has 21 heavy (non-hydrogen) atoms. The van der Waals surface area contributed by atoms with E-state index in [1.54, 1.807) is 6.07 Å². The average Bonchev–Trinajstić information content (AvgIpc) is 2.47. The predicted molar refractivity (Wildman–Crippen MR) is 88.7 cm³/mol. The van der Waals surface area contributed by atoms with Crippen molar-refractivity contribution < 1.29 is 4.79 Å². The summed E-state index contributed by atoms with van der Waals surface area (Å²) in [4.78, 5) is 12.2. The Kier molecular flexibility index (Phi) is 4.63. The SMILES string of the molecule is CCc1ccc(NC(=O)c2ccc(C(C)C)cc2)cc1N. The van der Waals surface area contributed by atoms with E-state index in [2.05, 4.69) is 26.1 Å². The second kappa shape index (κ2) is 6.44. The smallest absolute Gasteiger partial charge is 0.255 e. The maximum atomic E-state index is 12.2. The van der Waals surface area contributed by atoms with E-state index < -0.39 is 0 Å². The van der Waals surface area contributed by atoms with Crippen molar-refractivity contribution in [2.45, 2.75) is 33.1 Å². The average molecular weight is 282 g/mol. The van der Waals surface area contributed by atoms with Crippen molar-refractivity contribution in [3.8, 4) is 0 Å². The second-order valence-corrected chi connectivity index (χ2v) is 5.50. The molecular formula is C18H22N2O. The predicted octanol–water partition coefficient (Wildman–Crippen LogP) is 4.21. The lowest BCUT2D eigenvalue weighted by atomic mass is 10.0. The van der Waals surface area contributed by atoms with Crippen LogP contribution in [-0.4, -0.2) is 5.91 Å². The van der Waals surface area contributed by atoms with Crippen LogP contribution in [-0.2, 0) is 6.42 Å². The highest BCUT2D eigenvalue weighted by molar-refractivity contribution is 6.04. The molecule has 0 atom stereocenters. The van der Waals surface area contributed by atoms with E-state index in [-0.39, 0.29) is 5.91 Å². The lowest BCUT2D eigenvalue weighted by Crippen LogP contribution is -2.12. The lowest BCUT2D eigenvalue weighted by Gasteiger charge is -2.10. The largest absolute Gasteiger partial charge is 0.398 e. The number of amides is 1. The van der Waals surface area contributed by atoms with Gasteiger partial charge in [0.15, 0.2) is 0 Å². The summed E-state index contributed by atoms with van der Waals surface area (Å²) in [6.45, 7) is 6.32. The molecular weight excluding hydrogens is 260 g/mol. The van der Waals surface area contributed by atoms with Crippen molar-refractivity contribution in [3.05, 3.63) is 59.2 Å². The van der Waals surface area contributed by atoms with Crippen LogP contribution in [0.5, 0.6) is 0 Å². The van der Waals surface area contributed by atoms with Gasteiger partial charge in [-0.3, -0.25) is 4.79 Å². The number of hydrogen-bond donors (Lipinski definition) is 2. The molecule has 0 aliphatic heterocycles. The third-order valence-electron chi connectivity index (χ3n) is 3.62. The van der Waals surface area contributed by atoms with E-state index in [1.807, 2.05) is 36.4 Å². The quantitative estimate of drug-likeness (QED) is 0.825. The maximum Gasteiger partial charge on any atom is 0.255 e. The van der Waals surface area contributed by atoms with Gasteiger partial charge in [-0.25, -0.2) is 0 Å².